The van der Waals surface area contributed by atoms with Crippen LogP contribution in [0.2, 0.25) is 0 Å². The van der Waals surface area contributed by atoms with Gasteiger partial charge in [-0.05, 0) is 56.9 Å². The van der Waals surface area contributed by atoms with E-state index in [1.54, 1.807) is 36.4 Å². The van der Waals surface area contributed by atoms with Gasteiger partial charge in [0.15, 0.2) is 5.82 Å². The van der Waals surface area contributed by atoms with Gasteiger partial charge in [0.2, 0.25) is 5.60 Å². The molecule has 15 heteroatoms. The zero-order chi connectivity index (χ0) is 29.2. The Bertz CT molecular complexity index is 1480. The molecule has 5 rings (SSSR count). The van der Waals surface area contributed by atoms with Gasteiger partial charge in [-0.15, -0.1) is 0 Å². The van der Waals surface area contributed by atoms with Crippen LogP contribution >= 0.6 is 7.75 Å². The van der Waals surface area contributed by atoms with E-state index in [4.69, 9.17) is 24.3 Å². The molecule has 41 heavy (non-hydrogen) atoms. The second-order valence-corrected chi connectivity index (χ2v) is 11.7. The number of carbonyl (C=O) groups is 1. The van der Waals surface area contributed by atoms with Crippen molar-refractivity contribution in [1.29, 1.82) is 5.26 Å². The number of nitrogen functional groups attached to an aromatic ring is 1. The van der Waals surface area contributed by atoms with Crippen molar-refractivity contribution in [3.05, 3.63) is 54.5 Å². The largest absolute Gasteiger partial charge is 0.461 e. The average molecular weight is 587 g/mol. The molecule has 2 fully saturated rings. The number of aliphatic hydroxyl groups excluding tert-OH is 2. The van der Waals surface area contributed by atoms with Crippen LogP contribution in [-0.4, -0.2) is 67.8 Å². The fourth-order valence-electron chi connectivity index (χ4n) is 4.99. The van der Waals surface area contributed by atoms with E-state index in [-0.39, 0.29) is 23.4 Å². The fraction of sp³-hybridized carbons (Fsp3) is 0.462. The first-order valence-electron chi connectivity index (χ1n) is 13.2. The molecular formula is C26H31N6O8P. The molecule has 1 aromatic carbocycles. The first-order chi connectivity index (χ1) is 19.7. The van der Waals surface area contributed by atoms with Gasteiger partial charge in [0.05, 0.1) is 12.3 Å². The molecule has 1 aliphatic heterocycles. The molecule has 0 amide bonds. The number of benzene rings is 1. The van der Waals surface area contributed by atoms with Crippen molar-refractivity contribution >= 4 is 25.1 Å². The number of aromatic nitrogens is 3. The van der Waals surface area contributed by atoms with Crippen LogP contribution in [0.25, 0.3) is 5.52 Å². The summed E-state index contributed by atoms with van der Waals surface area (Å²) in [6.07, 6.45) is -0.246. The standard InChI is InChI=1S/C26H31N6O8P/c1-16(25(35)38-17-7-5-6-8-17)31-41(36,40-18-9-3-2-4-10-18)37-13-20-22(33)23(34)26(14-27,39-20)21-12-11-19-24(28)29-15-30-32(19)21/h2-4,9-12,15-17,20,22-23,33-34H,5-8,13H2,1H3,(H,31,36)(H2,28,29,30)/t16-,20+,22+,23+,26-,41-/m0/s1. The van der Waals surface area contributed by atoms with Crippen LogP contribution in [0.15, 0.2) is 48.8 Å². The van der Waals surface area contributed by atoms with Crippen molar-refractivity contribution in [2.45, 2.75) is 68.7 Å². The Morgan fingerprint density at radius 3 is 2.73 bits per heavy atom. The number of aliphatic hydroxyl groups is 2. The lowest BCUT2D eigenvalue weighted by molar-refractivity contribution is -0.150. The zero-order valence-corrected chi connectivity index (χ0v) is 23.1. The number of esters is 1. The van der Waals surface area contributed by atoms with E-state index in [0.717, 1.165) is 25.7 Å². The number of nitriles is 1. The Morgan fingerprint density at radius 1 is 1.29 bits per heavy atom. The molecule has 1 aliphatic carbocycles. The molecule has 0 radical (unpaired) electrons. The molecule has 0 spiro atoms. The normalized spacial score (nSPS) is 26.8. The zero-order valence-electron chi connectivity index (χ0n) is 22.2. The topological polar surface area (TPSA) is 204 Å². The summed E-state index contributed by atoms with van der Waals surface area (Å²) in [5, 5.41) is 38.7. The second-order valence-electron chi connectivity index (χ2n) is 9.99. The first-order valence-corrected chi connectivity index (χ1v) is 14.7. The van der Waals surface area contributed by atoms with E-state index in [0.29, 0.717) is 5.52 Å². The number of fused-ring (bicyclic) bond motifs is 1. The molecule has 3 aromatic rings. The molecule has 0 unspecified atom stereocenters. The van der Waals surface area contributed by atoms with Crippen molar-refractivity contribution in [1.82, 2.24) is 19.7 Å². The Morgan fingerprint density at radius 2 is 2.02 bits per heavy atom. The molecule has 0 bridgehead atoms. The summed E-state index contributed by atoms with van der Waals surface area (Å²) in [5.74, 6) is -0.288. The van der Waals surface area contributed by atoms with Gasteiger partial charge in [-0.1, -0.05) is 18.2 Å². The van der Waals surface area contributed by atoms with Crippen LogP contribution in [0.4, 0.5) is 5.82 Å². The third-order valence-electron chi connectivity index (χ3n) is 7.15. The molecule has 5 N–H and O–H groups in total. The smallest absolute Gasteiger partial charge is 0.459 e. The van der Waals surface area contributed by atoms with Crippen LogP contribution in [0.5, 0.6) is 5.75 Å². The predicted molar refractivity (Wildman–Crippen MR) is 143 cm³/mol. The van der Waals surface area contributed by atoms with E-state index in [1.807, 2.05) is 6.07 Å². The highest BCUT2D eigenvalue weighted by molar-refractivity contribution is 7.52. The molecule has 1 saturated heterocycles. The Balaban J connectivity index is 1.35. The van der Waals surface area contributed by atoms with Crippen molar-refractivity contribution in [3.63, 3.8) is 0 Å². The van der Waals surface area contributed by atoms with Gasteiger partial charge in [0.25, 0.3) is 0 Å². The van der Waals surface area contributed by atoms with E-state index in [1.165, 1.54) is 23.8 Å². The Labute approximate surface area is 235 Å². The van der Waals surface area contributed by atoms with Crippen molar-refractivity contribution in [2.75, 3.05) is 12.3 Å². The Kier molecular flexibility index (Phi) is 8.28. The third kappa shape index (κ3) is 5.78. The maximum Gasteiger partial charge on any atom is 0.459 e. The maximum atomic E-state index is 13.9. The number of hydrogen-bond donors (Lipinski definition) is 4. The van der Waals surface area contributed by atoms with E-state index in [9.17, 15) is 24.8 Å². The minimum atomic E-state index is -4.30. The Hall–Kier alpha value is -3.57. The SMILES string of the molecule is C[C@H](N[P@](=O)(OC[C@H]1O[C@@](C#N)(c2ccc3c(N)ncnn23)[C@H](O)[C@@H]1O)Oc1ccccc1)C(=O)OC1CCCC1. The highest BCUT2D eigenvalue weighted by atomic mass is 31.2. The van der Waals surface area contributed by atoms with Gasteiger partial charge in [0.1, 0.15) is 54.1 Å². The number of para-hydroxylation sites is 1. The quantitative estimate of drug-likeness (QED) is 0.198. The van der Waals surface area contributed by atoms with Crippen LogP contribution < -0.4 is 15.3 Å². The molecular weight excluding hydrogens is 555 g/mol. The number of rotatable bonds is 10. The summed E-state index contributed by atoms with van der Waals surface area (Å²) >= 11 is 0. The third-order valence-corrected chi connectivity index (χ3v) is 8.80. The summed E-state index contributed by atoms with van der Waals surface area (Å²) in [4.78, 5) is 16.6. The molecule has 2 aromatic heterocycles. The first kappa shape index (κ1) is 28.9. The number of anilines is 1. The molecule has 3 heterocycles. The summed E-state index contributed by atoms with van der Waals surface area (Å²) in [6, 6.07) is 12.1. The molecule has 14 nitrogen and oxygen atoms in total. The second kappa shape index (κ2) is 11.7. The van der Waals surface area contributed by atoms with Crippen LogP contribution in [-0.2, 0) is 29.0 Å². The van der Waals surface area contributed by atoms with Gasteiger partial charge >= 0.3 is 13.7 Å². The number of hydrogen-bond acceptors (Lipinski definition) is 12. The lowest BCUT2D eigenvalue weighted by atomic mass is 9.92. The van der Waals surface area contributed by atoms with Crippen LogP contribution in [0.3, 0.4) is 0 Å². The minimum absolute atomic E-state index is 0.100. The number of nitrogens with two attached hydrogens (primary N) is 1. The molecule has 6 atom stereocenters. The van der Waals surface area contributed by atoms with Gasteiger partial charge in [-0.2, -0.15) is 15.4 Å². The highest BCUT2D eigenvalue weighted by Gasteiger charge is 2.58. The van der Waals surface area contributed by atoms with Gasteiger partial charge < -0.3 is 29.9 Å². The number of nitrogens with zero attached hydrogens (tertiary/aromatic N) is 4. The van der Waals surface area contributed by atoms with Gasteiger partial charge in [0, 0.05) is 0 Å². The summed E-state index contributed by atoms with van der Waals surface area (Å²) in [5.41, 5.74) is 4.29. The number of carbonyl (C=O) groups excluding carboxylic acids is 1. The number of nitrogens with one attached hydrogen (secondary N) is 1. The average Bonchev–Trinajstić information content (AvgIpc) is 3.69. The maximum absolute atomic E-state index is 13.9. The summed E-state index contributed by atoms with van der Waals surface area (Å²) < 4.78 is 37.9. The van der Waals surface area contributed by atoms with Crippen LogP contribution in [0, 0.1) is 11.3 Å². The molecule has 1 saturated carbocycles. The van der Waals surface area contributed by atoms with Crippen molar-refractivity contribution in [3.8, 4) is 11.8 Å². The van der Waals surface area contributed by atoms with E-state index < -0.39 is 50.3 Å². The van der Waals surface area contributed by atoms with E-state index >= 15 is 0 Å². The number of ether oxygens (including phenoxy) is 2. The predicted octanol–water partition coefficient (Wildman–Crippen LogP) is 1.82. The summed E-state index contributed by atoms with van der Waals surface area (Å²) in [6.45, 7) is 0.891. The monoisotopic (exact) mass is 586 g/mol. The fourth-order valence-corrected chi connectivity index (χ4v) is 6.50. The van der Waals surface area contributed by atoms with Gasteiger partial charge in [-0.3, -0.25) is 9.32 Å². The van der Waals surface area contributed by atoms with Crippen molar-refractivity contribution < 1.29 is 38.1 Å². The van der Waals surface area contributed by atoms with E-state index in [2.05, 4.69) is 15.2 Å². The van der Waals surface area contributed by atoms with Crippen molar-refractivity contribution in [2.24, 2.45) is 0 Å². The van der Waals surface area contributed by atoms with Gasteiger partial charge in [-0.25, -0.2) is 14.1 Å². The minimum Gasteiger partial charge on any atom is -0.461 e. The van der Waals surface area contributed by atoms with Crippen LogP contribution in [0.1, 0.15) is 38.3 Å². The molecule has 218 valence electrons. The lowest BCUT2D eigenvalue weighted by Crippen LogP contribution is -2.41. The lowest BCUT2D eigenvalue weighted by Gasteiger charge is -2.26. The summed E-state index contributed by atoms with van der Waals surface area (Å²) in [7, 11) is -4.30. The highest BCUT2D eigenvalue weighted by Crippen LogP contribution is 2.47. The molecule has 2 aliphatic rings.